The van der Waals surface area contributed by atoms with E-state index in [9.17, 15) is 18.0 Å². The molecular formula is C15H17BrN2O4S. The Labute approximate surface area is 143 Å². The summed E-state index contributed by atoms with van der Waals surface area (Å²) in [4.78, 5) is 25.1. The van der Waals surface area contributed by atoms with Crippen LogP contribution in [0.1, 0.15) is 32.6 Å². The number of hydrogen-bond donors (Lipinski definition) is 1. The van der Waals surface area contributed by atoms with E-state index >= 15 is 0 Å². The maximum Gasteiger partial charge on any atom is 0.339 e. The number of halogens is 1. The molecule has 0 aromatic heterocycles. The average Bonchev–Trinajstić information content (AvgIpc) is 2.75. The molecule has 1 heterocycles. The van der Waals surface area contributed by atoms with Gasteiger partial charge in [-0.3, -0.25) is 4.79 Å². The van der Waals surface area contributed by atoms with Crippen LogP contribution in [0.3, 0.4) is 0 Å². The molecule has 23 heavy (non-hydrogen) atoms. The van der Waals surface area contributed by atoms with Crippen molar-refractivity contribution in [3.8, 4) is 0 Å². The van der Waals surface area contributed by atoms with Gasteiger partial charge in [-0.15, -0.1) is 4.31 Å². The third kappa shape index (κ3) is 2.48. The predicted octanol–water partition coefficient (Wildman–Crippen LogP) is 2.64. The van der Waals surface area contributed by atoms with E-state index in [1.54, 1.807) is 12.1 Å². The number of hydrogen-bond acceptors (Lipinski definition) is 4. The van der Waals surface area contributed by atoms with E-state index in [1.807, 2.05) is 6.92 Å². The second-order valence-electron chi connectivity index (χ2n) is 6.08. The fourth-order valence-corrected chi connectivity index (χ4v) is 4.95. The van der Waals surface area contributed by atoms with Crippen LogP contribution in [0, 0.1) is 5.92 Å². The highest BCUT2D eigenvalue weighted by atomic mass is 79.9. The van der Waals surface area contributed by atoms with Gasteiger partial charge in [0.15, 0.2) is 0 Å². The lowest BCUT2D eigenvalue weighted by Crippen LogP contribution is -2.54. The molecule has 0 radical (unpaired) electrons. The number of nitrogens with zero attached hydrogens (tertiary/aromatic N) is 1. The zero-order valence-electron chi connectivity index (χ0n) is 12.6. The Bertz CT molecular complexity index is 762. The van der Waals surface area contributed by atoms with E-state index in [2.05, 4.69) is 21.2 Å². The Morgan fingerprint density at radius 3 is 2.48 bits per heavy atom. The summed E-state index contributed by atoms with van der Waals surface area (Å²) in [6.07, 6.45) is 3.04. The lowest BCUT2D eigenvalue weighted by atomic mass is 9.74. The molecule has 2 fully saturated rings. The zero-order valence-corrected chi connectivity index (χ0v) is 15.0. The van der Waals surface area contributed by atoms with E-state index < -0.39 is 27.5 Å². The molecule has 2 aliphatic rings. The van der Waals surface area contributed by atoms with Crippen molar-refractivity contribution in [2.24, 2.45) is 5.92 Å². The topological polar surface area (TPSA) is 83.6 Å². The molecule has 1 N–H and O–H groups in total. The van der Waals surface area contributed by atoms with Crippen LogP contribution in [-0.2, 0) is 14.8 Å². The lowest BCUT2D eigenvalue weighted by molar-refractivity contribution is -0.130. The third-order valence-corrected chi connectivity index (χ3v) is 6.94. The number of amides is 3. The maximum atomic E-state index is 12.8. The summed E-state index contributed by atoms with van der Waals surface area (Å²) in [6, 6.07) is 5.01. The van der Waals surface area contributed by atoms with E-state index in [0.29, 0.717) is 15.2 Å². The highest BCUT2D eigenvalue weighted by molar-refractivity contribution is 9.10. The Hall–Kier alpha value is -1.41. The predicted molar refractivity (Wildman–Crippen MR) is 87.1 cm³/mol. The van der Waals surface area contributed by atoms with Crippen LogP contribution in [-0.4, -0.2) is 30.2 Å². The Kier molecular flexibility index (Phi) is 4.00. The first-order chi connectivity index (χ1) is 10.8. The summed E-state index contributed by atoms with van der Waals surface area (Å²) in [7, 11) is -4.20. The molecule has 1 aliphatic heterocycles. The summed E-state index contributed by atoms with van der Waals surface area (Å²) in [5, 5.41) is 2.66. The second kappa shape index (κ2) is 5.59. The van der Waals surface area contributed by atoms with Gasteiger partial charge in [0.05, 0.1) is 4.90 Å². The maximum absolute atomic E-state index is 12.8. The minimum absolute atomic E-state index is 0.0790. The fraction of sp³-hybridized carbons (Fsp3) is 0.467. The molecule has 8 heteroatoms. The van der Waals surface area contributed by atoms with Crippen LogP contribution in [0.15, 0.2) is 33.6 Å². The zero-order chi connectivity index (χ0) is 16.8. The first-order valence-corrected chi connectivity index (χ1v) is 9.70. The standard InChI is InChI=1S/C15H17BrN2O4S/c1-10-4-2-3-9-15(10)13(19)18(14(20)17-15)23(21,22)12-7-5-11(16)6-8-12/h5-8,10H,2-4,9H2,1H3,(H,17,20). The van der Waals surface area contributed by atoms with Gasteiger partial charge in [0.25, 0.3) is 15.9 Å². The van der Waals surface area contributed by atoms with Crippen molar-refractivity contribution in [3.05, 3.63) is 28.7 Å². The van der Waals surface area contributed by atoms with Gasteiger partial charge in [0, 0.05) is 4.47 Å². The summed E-state index contributed by atoms with van der Waals surface area (Å²) >= 11 is 3.23. The Morgan fingerprint density at radius 2 is 1.87 bits per heavy atom. The number of sulfonamides is 1. The van der Waals surface area contributed by atoms with E-state index in [0.717, 1.165) is 19.3 Å². The van der Waals surface area contributed by atoms with Gasteiger partial charge in [0.1, 0.15) is 5.54 Å². The minimum atomic E-state index is -4.20. The number of nitrogens with one attached hydrogen (secondary N) is 1. The summed E-state index contributed by atoms with van der Waals surface area (Å²) in [5.74, 6) is -0.740. The van der Waals surface area contributed by atoms with Crippen molar-refractivity contribution in [1.82, 2.24) is 9.62 Å². The smallest absolute Gasteiger partial charge is 0.322 e. The minimum Gasteiger partial charge on any atom is -0.322 e. The van der Waals surface area contributed by atoms with Gasteiger partial charge >= 0.3 is 6.03 Å². The highest BCUT2D eigenvalue weighted by Gasteiger charge is 2.58. The molecule has 1 saturated carbocycles. The molecule has 1 aromatic carbocycles. The number of benzene rings is 1. The van der Waals surface area contributed by atoms with E-state index in [4.69, 9.17) is 0 Å². The second-order valence-corrected chi connectivity index (χ2v) is 8.78. The lowest BCUT2D eigenvalue weighted by Gasteiger charge is -2.36. The van der Waals surface area contributed by atoms with E-state index in [1.165, 1.54) is 12.1 Å². The van der Waals surface area contributed by atoms with Crippen LogP contribution in [0.4, 0.5) is 4.79 Å². The van der Waals surface area contributed by atoms with Gasteiger partial charge in [-0.2, -0.15) is 0 Å². The fourth-order valence-electron chi connectivity index (χ4n) is 3.35. The molecular weight excluding hydrogens is 384 g/mol. The van der Waals surface area contributed by atoms with Crippen molar-refractivity contribution in [2.75, 3.05) is 0 Å². The summed E-state index contributed by atoms with van der Waals surface area (Å²) in [6.45, 7) is 1.88. The van der Waals surface area contributed by atoms with Crippen molar-refractivity contribution < 1.29 is 18.0 Å². The van der Waals surface area contributed by atoms with Gasteiger partial charge in [-0.05, 0) is 43.0 Å². The third-order valence-electron chi connectivity index (χ3n) is 4.73. The first kappa shape index (κ1) is 16.4. The van der Waals surface area contributed by atoms with Crippen molar-refractivity contribution in [1.29, 1.82) is 0 Å². The molecule has 2 atom stereocenters. The number of imide groups is 1. The number of carbonyl (C=O) groups is 2. The van der Waals surface area contributed by atoms with Crippen molar-refractivity contribution >= 4 is 37.9 Å². The normalized spacial score (nSPS) is 28.3. The highest BCUT2D eigenvalue weighted by Crippen LogP contribution is 2.39. The molecule has 1 aliphatic carbocycles. The largest absolute Gasteiger partial charge is 0.339 e. The van der Waals surface area contributed by atoms with Gasteiger partial charge < -0.3 is 5.32 Å². The quantitative estimate of drug-likeness (QED) is 0.773. The SMILES string of the molecule is CC1CCCCC12NC(=O)N(S(=O)(=O)c1ccc(Br)cc1)C2=O. The molecule has 1 spiro atoms. The molecule has 1 aromatic rings. The van der Waals surface area contributed by atoms with Gasteiger partial charge in [-0.1, -0.05) is 35.7 Å². The average molecular weight is 401 g/mol. The molecule has 2 unspecified atom stereocenters. The van der Waals surface area contributed by atoms with Crippen LogP contribution in [0.5, 0.6) is 0 Å². The van der Waals surface area contributed by atoms with Crippen LogP contribution < -0.4 is 5.32 Å². The number of rotatable bonds is 2. The molecule has 124 valence electrons. The Balaban J connectivity index is 2.01. The number of urea groups is 1. The molecule has 0 bridgehead atoms. The number of carbonyl (C=O) groups excluding carboxylic acids is 2. The van der Waals surface area contributed by atoms with E-state index in [-0.39, 0.29) is 10.8 Å². The van der Waals surface area contributed by atoms with Gasteiger partial charge in [0.2, 0.25) is 0 Å². The van der Waals surface area contributed by atoms with Crippen molar-refractivity contribution in [2.45, 2.75) is 43.0 Å². The molecule has 1 saturated heterocycles. The van der Waals surface area contributed by atoms with Crippen LogP contribution >= 0.6 is 15.9 Å². The molecule has 3 amide bonds. The molecule has 6 nitrogen and oxygen atoms in total. The van der Waals surface area contributed by atoms with Crippen LogP contribution in [0.25, 0.3) is 0 Å². The molecule has 3 rings (SSSR count). The van der Waals surface area contributed by atoms with Crippen LogP contribution in [0.2, 0.25) is 0 Å². The van der Waals surface area contributed by atoms with Crippen molar-refractivity contribution in [3.63, 3.8) is 0 Å². The summed E-state index contributed by atoms with van der Waals surface area (Å²) in [5.41, 5.74) is -1.09. The monoisotopic (exact) mass is 400 g/mol. The summed E-state index contributed by atoms with van der Waals surface area (Å²) < 4.78 is 26.6. The van der Waals surface area contributed by atoms with Gasteiger partial charge in [-0.25, -0.2) is 13.2 Å². The first-order valence-electron chi connectivity index (χ1n) is 7.46. The Morgan fingerprint density at radius 1 is 1.22 bits per heavy atom.